The summed E-state index contributed by atoms with van der Waals surface area (Å²) in [7, 11) is 3.86. The third-order valence-corrected chi connectivity index (χ3v) is 3.42. The number of rotatable bonds is 5. The van der Waals surface area contributed by atoms with Gasteiger partial charge in [0.25, 0.3) is 0 Å². The first-order valence-corrected chi connectivity index (χ1v) is 5.70. The number of imidazole rings is 1. The van der Waals surface area contributed by atoms with E-state index in [0.717, 1.165) is 13.0 Å². The van der Waals surface area contributed by atoms with Gasteiger partial charge in [-0.1, -0.05) is 6.92 Å². The van der Waals surface area contributed by atoms with E-state index in [1.165, 1.54) is 0 Å². The van der Waals surface area contributed by atoms with E-state index < -0.39 is 5.54 Å². The van der Waals surface area contributed by atoms with Gasteiger partial charge in [0.1, 0.15) is 0 Å². The lowest BCUT2D eigenvalue weighted by Gasteiger charge is -2.33. The Hall–Kier alpha value is -1.16. The zero-order chi connectivity index (χ0) is 12.3. The summed E-state index contributed by atoms with van der Waals surface area (Å²) in [6.07, 6.45) is 4.30. The van der Waals surface area contributed by atoms with Crippen LogP contribution < -0.4 is 0 Å². The van der Waals surface area contributed by atoms with Crippen LogP contribution in [-0.2, 0) is 6.54 Å². The summed E-state index contributed by atoms with van der Waals surface area (Å²) in [5, 5.41) is 0. The Bertz CT molecular complexity index is 370. The number of aryl methyl sites for hydroxylation is 1. The van der Waals surface area contributed by atoms with Crippen molar-refractivity contribution in [2.75, 3.05) is 14.1 Å². The molecule has 1 atom stereocenters. The second-order valence-electron chi connectivity index (χ2n) is 4.39. The van der Waals surface area contributed by atoms with Gasteiger partial charge >= 0.3 is 0 Å². The second kappa shape index (κ2) is 4.78. The number of likely N-dealkylation sites (N-methyl/N-ethyl adjacent to an activating group) is 1. The minimum atomic E-state index is -0.474. The summed E-state index contributed by atoms with van der Waals surface area (Å²) in [5.74, 6) is 0.646. The van der Waals surface area contributed by atoms with Gasteiger partial charge in [-0.3, -0.25) is 9.69 Å². The van der Waals surface area contributed by atoms with Crippen LogP contribution in [0.1, 0.15) is 37.8 Å². The van der Waals surface area contributed by atoms with Crippen molar-refractivity contribution in [3.05, 3.63) is 18.2 Å². The zero-order valence-corrected chi connectivity index (χ0v) is 10.8. The second-order valence-corrected chi connectivity index (χ2v) is 4.39. The van der Waals surface area contributed by atoms with Crippen LogP contribution in [0.2, 0.25) is 0 Å². The zero-order valence-electron chi connectivity index (χ0n) is 10.8. The molecule has 1 aromatic rings. The summed E-state index contributed by atoms with van der Waals surface area (Å²) >= 11 is 0. The van der Waals surface area contributed by atoms with Crippen molar-refractivity contribution in [2.45, 2.75) is 39.3 Å². The number of nitrogens with zero attached hydrogens (tertiary/aromatic N) is 3. The van der Waals surface area contributed by atoms with Gasteiger partial charge in [0.15, 0.2) is 5.82 Å². The standard InChI is InChI=1S/C12H21N3O/c1-6-12(3,14(4)5)10(16)11-13-8-9-15(11)7-2/h8-9H,6-7H2,1-5H3. The molecule has 0 fully saturated rings. The van der Waals surface area contributed by atoms with Crippen LogP contribution in [0.3, 0.4) is 0 Å². The molecular formula is C12H21N3O. The van der Waals surface area contributed by atoms with E-state index in [0.29, 0.717) is 5.82 Å². The van der Waals surface area contributed by atoms with Crippen molar-refractivity contribution in [3.8, 4) is 0 Å². The molecule has 0 aliphatic rings. The van der Waals surface area contributed by atoms with Gasteiger partial charge in [-0.2, -0.15) is 0 Å². The maximum absolute atomic E-state index is 12.5. The molecule has 4 nitrogen and oxygen atoms in total. The smallest absolute Gasteiger partial charge is 0.218 e. The van der Waals surface area contributed by atoms with Crippen LogP contribution >= 0.6 is 0 Å². The molecule has 0 radical (unpaired) electrons. The third-order valence-electron chi connectivity index (χ3n) is 3.42. The van der Waals surface area contributed by atoms with Crippen LogP contribution in [0, 0.1) is 0 Å². The minimum Gasteiger partial charge on any atom is -0.329 e. The molecule has 0 aromatic carbocycles. The van der Waals surface area contributed by atoms with Gasteiger partial charge in [-0.15, -0.1) is 0 Å². The van der Waals surface area contributed by atoms with E-state index in [1.807, 2.05) is 50.5 Å². The molecule has 1 aromatic heterocycles. The normalized spacial score (nSPS) is 15.1. The Morgan fingerprint density at radius 1 is 1.50 bits per heavy atom. The first kappa shape index (κ1) is 12.9. The highest BCUT2D eigenvalue weighted by atomic mass is 16.1. The maximum atomic E-state index is 12.5. The Labute approximate surface area is 97.3 Å². The number of Topliss-reactive ketones (excluding diaryl/α,β-unsaturated/α-hetero) is 1. The molecule has 0 amide bonds. The van der Waals surface area contributed by atoms with Crippen molar-refractivity contribution in [3.63, 3.8) is 0 Å². The average molecular weight is 223 g/mol. The van der Waals surface area contributed by atoms with E-state index in [9.17, 15) is 4.79 Å². The number of ketones is 1. The lowest BCUT2D eigenvalue weighted by Crippen LogP contribution is -2.48. The van der Waals surface area contributed by atoms with E-state index in [-0.39, 0.29) is 5.78 Å². The molecule has 90 valence electrons. The molecule has 1 heterocycles. The van der Waals surface area contributed by atoms with Crippen LogP contribution in [0.5, 0.6) is 0 Å². The van der Waals surface area contributed by atoms with Crippen LogP contribution in [-0.4, -0.2) is 39.9 Å². The van der Waals surface area contributed by atoms with E-state index >= 15 is 0 Å². The quantitative estimate of drug-likeness (QED) is 0.715. The molecule has 0 N–H and O–H groups in total. The Morgan fingerprint density at radius 3 is 2.56 bits per heavy atom. The van der Waals surface area contributed by atoms with Gasteiger partial charge in [-0.05, 0) is 34.4 Å². The minimum absolute atomic E-state index is 0.0897. The van der Waals surface area contributed by atoms with E-state index in [2.05, 4.69) is 4.98 Å². The number of hydrogen-bond acceptors (Lipinski definition) is 3. The predicted octanol–water partition coefficient (Wildman–Crippen LogP) is 1.82. The molecule has 1 unspecified atom stereocenters. The fraction of sp³-hybridized carbons (Fsp3) is 0.667. The lowest BCUT2D eigenvalue weighted by atomic mass is 9.91. The number of carbonyl (C=O) groups excluding carboxylic acids is 1. The summed E-state index contributed by atoms with van der Waals surface area (Å²) in [6, 6.07) is 0. The molecule has 1 rings (SSSR count). The van der Waals surface area contributed by atoms with Gasteiger partial charge < -0.3 is 4.57 Å². The SMILES string of the molecule is CCn1ccnc1C(=O)C(C)(CC)N(C)C. The molecular weight excluding hydrogens is 202 g/mol. The fourth-order valence-electron chi connectivity index (χ4n) is 1.69. The topological polar surface area (TPSA) is 38.1 Å². The van der Waals surface area contributed by atoms with Crippen molar-refractivity contribution in [2.24, 2.45) is 0 Å². The fourth-order valence-corrected chi connectivity index (χ4v) is 1.69. The monoisotopic (exact) mass is 223 g/mol. The molecule has 0 spiro atoms. The highest BCUT2D eigenvalue weighted by Crippen LogP contribution is 2.21. The molecule has 0 aliphatic heterocycles. The highest BCUT2D eigenvalue weighted by Gasteiger charge is 2.36. The number of hydrogen-bond donors (Lipinski definition) is 0. The van der Waals surface area contributed by atoms with Gasteiger partial charge in [0.05, 0.1) is 5.54 Å². The molecule has 0 saturated carbocycles. The highest BCUT2D eigenvalue weighted by molar-refractivity contribution is 6.00. The first-order chi connectivity index (χ1) is 7.47. The summed E-state index contributed by atoms with van der Waals surface area (Å²) < 4.78 is 1.89. The van der Waals surface area contributed by atoms with Crippen molar-refractivity contribution < 1.29 is 4.79 Å². The van der Waals surface area contributed by atoms with Crippen molar-refractivity contribution in [1.82, 2.24) is 14.5 Å². The van der Waals surface area contributed by atoms with Crippen LogP contribution in [0.15, 0.2) is 12.4 Å². The summed E-state index contributed by atoms with van der Waals surface area (Å²) in [4.78, 5) is 18.6. The van der Waals surface area contributed by atoms with Crippen LogP contribution in [0.4, 0.5) is 0 Å². The Balaban J connectivity index is 3.10. The van der Waals surface area contributed by atoms with Crippen molar-refractivity contribution in [1.29, 1.82) is 0 Å². The van der Waals surface area contributed by atoms with Crippen LogP contribution in [0.25, 0.3) is 0 Å². The molecule has 16 heavy (non-hydrogen) atoms. The average Bonchev–Trinajstić information content (AvgIpc) is 2.74. The van der Waals surface area contributed by atoms with E-state index in [1.54, 1.807) is 6.20 Å². The number of aromatic nitrogens is 2. The Morgan fingerprint density at radius 2 is 2.12 bits per heavy atom. The summed E-state index contributed by atoms with van der Waals surface area (Å²) in [6.45, 7) is 6.77. The van der Waals surface area contributed by atoms with Gasteiger partial charge in [0, 0.05) is 18.9 Å². The number of carbonyl (C=O) groups is 1. The lowest BCUT2D eigenvalue weighted by molar-refractivity contribution is 0.0694. The van der Waals surface area contributed by atoms with E-state index in [4.69, 9.17) is 0 Å². The molecule has 4 heteroatoms. The van der Waals surface area contributed by atoms with Gasteiger partial charge in [-0.25, -0.2) is 4.98 Å². The van der Waals surface area contributed by atoms with Gasteiger partial charge in [0.2, 0.25) is 5.78 Å². The van der Waals surface area contributed by atoms with Crippen molar-refractivity contribution >= 4 is 5.78 Å². The summed E-state index contributed by atoms with van der Waals surface area (Å²) in [5.41, 5.74) is -0.474. The molecule has 0 aliphatic carbocycles. The predicted molar refractivity (Wildman–Crippen MR) is 64.6 cm³/mol. The largest absolute Gasteiger partial charge is 0.329 e. The first-order valence-electron chi connectivity index (χ1n) is 5.70. The molecule has 0 saturated heterocycles. The molecule has 0 bridgehead atoms. The Kier molecular flexibility index (Phi) is 3.86. The third kappa shape index (κ3) is 2.02. The maximum Gasteiger partial charge on any atom is 0.218 e.